The number of nitrogens with zero attached hydrogens (tertiary/aromatic N) is 2. The summed E-state index contributed by atoms with van der Waals surface area (Å²) in [5.74, 6) is 0.275. The van der Waals surface area contributed by atoms with Gasteiger partial charge in [0.15, 0.2) is 5.16 Å². The minimum absolute atomic E-state index is 0.275. The number of benzene rings is 1. The molecule has 1 N–H and O–H groups in total. The van der Waals surface area contributed by atoms with Crippen LogP contribution >= 0.6 is 11.8 Å². The van der Waals surface area contributed by atoms with Crippen molar-refractivity contribution in [3.8, 4) is 5.69 Å². The Kier molecular flexibility index (Phi) is 3.63. The van der Waals surface area contributed by atoms with Crippen LogP contribution in [-0.4, -0.2) is 26.7 Å². The van der Waals surface area contributed by atoms with Gasteiger partial charge in [0.1, 0.15) is 6.17 Å². The quantitative estimate of drug-likeness (QED) is 0.848. The molecule has 4 nitrogen and oxygen atoms in total. The first kappa shape index (κ1) is 11.9. The second-order valence-electron chi connectivity index (χ2n) is 3.57. The average molecular weight is 253 g/mol. The maximum Gasteiger partial charge on any atom is 0.348 e. The lowest BCUT2D eigenvalue weighted by Gasteiger charge is -2.05. The smallest absolute Gasteiger partial charge is 0.247 e. The summed E-state index contributed by atoms with van der Waals surface area (Å²) >= 11 is 1.22. The molecule has 1 aromatic carbocycles. The summed E-state index contributed by atoms with van der Waals surface area (Å²) in [5.41, 5.74) is 0.408. The number of halogens is 1. The lowest BCUT2D eigenvalue weighted by atomic mass is 10.3. The molecule has 0 saturated carbocycles. The van der Waals surface area contributed by atoms with Crippen LogP contribution in [0.2, 0.25) is 0 Å². The number of hydrogen-bond acceptors (Lipinski definition) is 3. The van der Waals surface area contributed by atoms with E-state index >= 15 is 0 Å². The summed E-state index contributed by atoms with van der Waals surface area (Å²) in [7, 11) is 0. The Balaban J connectivity index is 2.33. The molecule has 1 heterocycles. The van der Waals surface area contributed by atoms with Crippen molar-refractivity contribution in [2.24, 2.45) is 0 Å². The molecule has 1 aromatic heterocycles. The molecule has 2 aromatic rings. The largest absolute Gasteiger partial charge is 0.348 e. The van der Waals surface area contributed by atoms with Crippen molar-refractivity contribution in [2.75, 3.05) is 5.75 Å². The molecule has 6 heteroatoms. The average Bonchev–Trinajstić information content (AvgIpc) is 2.69. The van der Waals surface area contributed by atoms with E-state index in [1.165, 1.54) is 23.3 Å². The van der Waals surface area contributed by atoms with Crippen LogP contribution in [0.1, 0.15) is 6.92 Å². The molecular weight excluding hydrogens is 241 g/mol. The second kappa shape index (κ2) is 5.18. The molecular formula is C11H12FN3OS. The van der Waals surface area contributed by atoms with Gasteiger partial charge >= 0.3 is 5.69 Å². The molecule has 0 aliphatic rings. The fourth-order valence-corrected chi connectivity index (χ4v) is 2.18. The number of thioether (sulfide) groups is 1. The van der Waals surface area contributed by atoms with Gasteiger partial charge in [0, 0.05) is 5.75 Å². The summed E-state index contributed by atoms with van der Waals surface area (Å²) < 4.78 is 14.2. The minimum Gasteiger partial charge on any atom is -0.247 e. The Morgan fingerprint density at radius 3 is 2.82 bits per heavy atom. The maximum atomic E-state index is 12.8. The van der Waals surface area contributed by atoms with Gasteiger partial charge in [0.05, 0.1) is 5.69 Å². The standard InChI is InChI=1S/C11H12FN3OS/c1-8(12)7-17-11-14-13-10(16)15(11)9-5-3-2-4-6-9/h2-6,8H,7H2,1H3,(H,13,16). The molecule has 0 saturated heterocycles. The van der Waals surface area contributed by atoms with Gasteiger partial charge in [0.2, 0.25) is 0 Å². The van der Waals surface area contributed by atoms with Gasteiger partial charge in [-0.1, -0.05) is 30.0 Å². The van der Waals surface area contributed by atoms with E-state index in [2.05, 4.69) is 10.2 Å². The Bertz CT molecular complexity index is 535. The zero-order chi connectivity index (χ0) is 12.3. The van der Waals surface area contributed by atoms with Gasteiger partial charge < -0.3 is 0 Å². The summed E-state index contributed by atoms with van der Waals surface area (Å²) in [6.07, 6.45) is -0.934. The zero-order valence-electron chi connectivity index (χ0n) is 9.26. The lowest BCUT2D eigenvalue weighted by Crippen LogP contribution is -2.15. The van der Waals surface area contributed by atoms with Crippen molar-refractivity contribution in [2.45, 2.75) is 18.3 Å². The molecule has 2 rings (SSSR count). The third-order valence-corrected chi connectivity index (χ3v) is 3.26. The van der Waals surface area contributed by atoms with Crippen molar-refractivity contribution >= 4 is 11.8 Å². The van der Waals surface area contributed by atoms with E-state index in [-0.39, 0.29) is 11.4 Å². The van der Waals surface area contributed by atoms with Gasteiger partial charge in [-0.15, -0.1) is 5.10 Å². The molecule has 1 unspecified atom stereocenters. The zero-order valence-corrected chi connectivity index (χ0v) is 10.1. The number of aromatic nitrogens is 3. The molecule has 0 amide bonds. The van der Waals surface area contributed by atoms with Crippen LogP contribution in [-0.2, 0) is 0 Å². The van der Waals surface area contributed by atoms with E-state index in [1.54, 1.807) is 12.1 Å². The molecule has 0 aliphatic carbocycles. The van der Waals surface area contributed by atoms with E-state index < -0.39 is 6.17 Å². The number of H-pyrrole nitrogens is 1. The van der Waals surface area contributed by atoms with Crippen LogP contribution in [0.3, 0.4) is 0 Å². The molecule has 17 heavy (non-hydrogen) atoms. The Hall–Kier alpha value is -1.56. The number of nitrogens with one attached hydrogen (secondary N) is 1. The molecule has 0 aliphatic heterocycles. The highest BCUT2D eigenvalue weighted by Crippen LogP contribution is 2.18. The van der Waals surface area contributed by atoms with E-state index in [9.17, 15) is 9.18 Å². The van der Waals surface area contributed by atoms with Gasteiger partial charge in [-0.05, 0) is 19.1 Å². The molecule has 90 valence electrons. The van der Waals surface area contributed by atoms with Crippen LogP contribution in [0.5, 0.6) is 0 Å². The van der Waals surface area contributed by atoms with Crippen molar-refractivity contribution in [1.29, 1.82) is 0 Å². The van der Waals surface area contributed by atoms with E-state index in [0.29, 0.717) is 5.16 Å². The molecule has 0 spiro atoms. The third-order valence-electron chi connectivity index (χ3n) is 2.10. The van der Waals surface area contributed by atoms with E-state index in [0.717, 1.165) is 5.69 Å². The van der Waals surface area contributed by atoms with Crippen molar-refractivity contribution in [1.82, 2.24) is 14.8 Å². The summed E-state index contributed by atoms with van der Waals surface area (Å²) in [6, 6.07) is 9.15. The summed E-state index contributed by atoms with van der Waals surface area (Å²) in [6.45, 7) is 1.48. The lowest BCUT2D eigenvalue weighted by molar-refractivity contribution is 0.397. The van der Waals surface area contributed by atoms with Crippen LogP contribution in [0.15, 0.2) is 40.3 Å². The molecule has 0 radical (unpaired) electrons. The minimum atomic E-state index is -0.934. The first-order valence-electron chi connectivity index (χ1n) is 5.18. The van der Waals surface area contributed by atoms with Crippen LogP contribution < -0.4 is 5.69 Å². The highest BCUT2D eigenvalue weighted by atomic mass is 32.2. The monoisotopic (exact) mass is 253 g/mol. The molecule has 0 bridgehead atoms. The Morgan fingerprint density at radius 2 is 2.18 bits per heavy atom. The Labute approximate surface area is 102 Å². The fourth-order valence-electron chi connectivity index (χ4n) is 1.37. The van der Waals surface area contributed by atoms with Crippen molar-refractivity contribution < 1.29 is 4.39 Å². The molecule has 1 atom stereocenters. The topological polar surface area (TPSA) is 50.7 Å². The fraction of sp³-hybridized carbons (Fsp3) is 0.273. The van der Waals surface area contributed by atoms with Crippen molar-refractivity contribution in [3.63, 3.8) is 0 Å². The Morgan fingerprint density at radius 1 is 1.47 bits per heavy atom. The maximum absolute atomic E-state index is 12.8. The van der Waals surface area contributed by atoms with Gasteiger partial charge in [0.25, 0.3) is 0 Å². The summed E-state index contributed by atoms with van der Waals surface area (Å²) in [5, 5.41) is 6.74. The highest BCUT2D eigenvalue weighted by molar-refractivity contribution is 7.99. The highest BCUT2D eigenvalue weighted by Gasteiger charge is 2.11. The number of rotatable bonds is 4. The second-order valence-corrected chi connectivity index (χ2v) is 4.56. The number of alkyl halides is 1. The number of para-hydroxylation sites is 1. The first-order valence-corrected chi connectivity index (χ1v) is 6.17. The van der Waals surface area contributed by atoms with Gasteiger partial charge in [-0.25, -0.2) is 18.9 Å². The van der Waals surface area contributed by atoms with Gasteiger partial charge in [-0.3, -0.25) is 0 Å². The van der Waals surface area contributed by atoms with Crippen molar-refractivity contribution in [3.05, 3.63) is 40.8 Å². The van der Waals surface area contributed by atoms with E-state index in [4.69, 9.17) is 0 Å². The molecule has 0 fully saturated rings. The predicted molar refractivity (Wildman–Crippen MR) is 65.5 cm³/mol. The number of hydrogen-bond donors (Lipinski definition) is 1. The van der Waals surface area contributed by atoms with Crippen LogP contribution in [0.25, 0.3) is 5.69 Å². The van der Waals surface area contributed by atoms with Gasteiger partial charge in [-0.2, -0.15) is 0 Å². The van der Waals surface area contributed by atoms with Crippen LogP contribution in [0, 0.1) is 0 Å². The number of aromatic amines is 1. The third kappa shape index (κ3) is 2.76. The van der Waals surface area contributed by atoms with E-state index in [1.807, 2.05) is 18.2 Å². The summed E-state index contributed by atoms with van der Waals surface area (Å²) in [4.78, 5) is 11.6. The van der Waals surface area contributed by atoms with Crippen LogP contribution in [0.4, 0.5) is 4.39 Å². The normalized spacial score (nSPS) is 12.6. The predicted octanol–water partition coefficient (Wildman–Crippen LogP) is 2.01. The first-order chi connectivity index (χ1) is 8.18. The SMILES string of the molecule is CC(F)CSc1n[nH]c(=O)n1-c1ccccc1.